The van der Waals surface area contributed by atoms with Crippen molar-refractivity contribution in [2.45, 2.75) is 12.1 Å². The molecule has 6 nitrogen and oxygen atoms in total. The summed E-state index contributed by atoms with van der Waals surface area (Å²) in [6, 6.07) is 3.45. The molecule has 0 aliphatic carbocycles. The number of nitrogens with one attached hydrogen (secondary N) is 1. The van der Waals surface area contributed by atoms with Crippen LogP contribution in [0.4, 0.5) is 18.9 Å². The Bertz CT molecular complexity index is 971. The number of hydrogen-bond donors (Lipinski definition) is 1. The molecule has 1 N–H and O–H groups in total. The summed E-state index contributed by atoms with van der Waals surface area (Å²) in [6.45, 7) is 1.79. The molecule has 0 unspecified atom stereocenters. The lowest BCUT2D eigenvalue weighted by Gasteiger charge is -2.07. The highest BCUT2D eigenvalue weighted by Gasteiger charge is 2.18. The summed E-state index contributed by atoms with van der Waals surface area (Å²) in [5.41, 5.74) is 0.349. The number of rotatable bonds is 5. The van der Waals surface area contributed by atoms with Gasteiger partial charge in [0.15, 0.2) is 28.4 Å². The number of anilines is 1. The third-order valence-corrected chi connectivity index (χ3v) is 4.60. The standard InChI is InChI=1S/C16H13F3N4O2S/c1-8-9(5-6-25-8)15-21-22-16(23(15)2)26-7-12(24)20-11-4-3-10(17)13(18)14(11)19/h3-6H,7H2,1-2H3,(H,20,24). The van der Waals surface area contributed by atoms with Crippen LogP contribution in [0.2, 0.25) is 0 Å². The summed E-state index contributed by atoms with van der Waals surface area (Å²) in [4.78, 5) is 11.9. The Morgan fingerprint density at radius 3 is 2.69 bits per heavy atom. The van der Waals surface area contributed by atoms with Gasteiger partial charge < -0.3 is 14.3 Å². The molecule has 2 aromatic heterocycles. The summed E-state index contributed by atoms with van der Waals surface area (Å²) in [6.07, 6.45) is 1.54. The maximum Gasteiger partial charge on any atom is 0.234 e. The van der Waals surface area contributed by atoms with E-state index in [2.05, 4.69) is 15.5 Å². The average molecular weight is 382 g/mol. The van der Waals surface area contributed by atoms with Crippen LogP contribution < -0.4 is 5.32 Å². The van der Waals surface area contributed by atoms with E-state index >= 15 is 0 Å². The summed E-state index contributed by atoms with van der Waals surface area (Å²) < 4.78 is 46.6. The number of thioether (sulfide) groups is 1. The van der Waals surface area contributed by atoms with Gasteiger partial charge in [0.05, 0.1) is 23.3 Å². The first-order chi connectivity index (χ1) is 12.4. The lowest BCUT2D eigenvalue weighted by Crippen LogP contribution is -2.16. The molecule has 136 valence electrons. The number of aryl methyl sites for hydroxylation is 1. The molecule has 0 aliphatic rings. The summed E-state index contributed by atoms with van der Waals surface area (Å²) in [5, 5.41) is 10.7. The number of amides is 1. The lowest BCUT2D eigenvalue weighted by molar-refractivity contribution is -0.113. The van der Waals surface area contributed by atoms with Gasteiger partial charge in [0, 0.05) is 7.05 Å². The van der Waals surface area contributed by atoms with Crippen LogP contribution >= 0.6 is 11.8 Å². The first-order valence-electron chi connectivity index (χ1n) is 7.38. The third kappa shape index (κ3) is 3.45. The zero-order chi connectivity index (χ0) is 18.8. The molecule has 10 heteroatoms. The number of carbonyl (C=O) groups excluding carboxylic acids is 1. The van der Waals surface area contributed by atoms with Crippen molar-refractivity contribution in [2.75, 3.05) is 11.1 Å². The minimum absolute atomic E-state index is 0.116. The molecule has 0 spiro atoms. The second kappa shape index (κ2) is 7.24. The number of carbonyl (C=O) groups is 1. The number of hydrogen-bond acceptors (Lipinski definition) is 5. The fourth-order valence-electron chi connectivity index (χ4n) is 2.23. The van der Waals surface area contributed by atoms with Crippen molar-refractivity contribution in [1.29, 1.82) is 0 Å². The Morgan fingerprint density at radius 1 is 1.23 bits per heavy atom. The summed E-state index contributed by atoms with van der Waals surface area (Å²) in [7, 11) is 1.73. The van der Waals surface area contributed by atoms with Gasteiger partial charge in [0.1, 0.15) is 5.76 Å². The average Bonchev–Trinajstić information content (AvgIpc) is 3.19. The topological polar surface area (TPSA) is 72.9 Å². The van der Waals surface area contributed by atoms with Gasteiger partial charge in [0.25, 0.3) is 0 Å². The number of nitrogens with zero attached hydrogens (tertiary/aromatic N) is 3. The van der Waals surface area contributed by atoms with Crippen LogP contribution in [0.5, 0.6) is 0 Å². The van der Waals surface area contributed by atoms with E-state index in [1.165, 1.54) is 6.26 Å². The van der Waals surface area contributed by atoms with Crippen LogP contribution in [-0.4, -0.2) is 26.4 Å². The van der Waals surface area contributed by atoms with E-state index in [1.54, 1.807) is 24.6 Å². The first-order valence-corrected chi connectivity index (χ1v) is 8.37. The second-order valence-electron chi connectivity index (χ2n) is 5.32. The van der Waals surface area contributed by atoms with Crippen molar-refractivity contribution < 1.29 is 22.4 Å². The van der Waals surface area contributed by atoms with Gasteiger partial charge in [-0.2, -0.15) is 0 Å². The van der Waals surface area contributed by atoms with Crippen LogP contribution in [0.3, 0.4) is 0 Å². The molecule has 0 radical (unpaired) electrons. The molecule has 1 amide bonds. The molecular formula is C16H13F3N4O2S. The fraction of sp³-hybridized carbons (Fsp3) is 0.188. The molecule has 1 aromatic carbocycles. The summed E-state index contributed by atoms with van der Waals surface area (Å²) in [5.74, 6) is -3.85. The van der Waals surface area contributed by atoms with Gasteiger partial charge in [-0.15, -0.1) is 10.2 Å². The van der Waals surface area contributed by atoms with Crippen molar-refractivity contribution in [3.05, 3.63) is 47.7 Å². The van der Waals surface area contributed by atoms with Crippen LogP contribution in [0, 0.1) is 24.4 Å². The van der Waals surface area contributed by atoms with Gasteiger partial charge in [-0.25, -0.2) is 13.2 Å². The van der Waals surface area contributed by atoms with Crippen molar-refractivity contribution in [3.63, 3.8) is 0 Å². The minimum atomic E-state index is -1.64. The highest BCUT2D eigenvalue weighted by molar-refractivity contribution is 7.99. The second-order valence-corrected chi connectivity index (χ2v) is 6.26. The molecule has 3 aromatic rings. The molecular weight excluding hydrogens is 369 g/mol. The monoisotopic (exact) mass is 382 g/mol. The van der Waals surface area contributed by atoms with E-state index in [1.807, 2.05) is 0 Å². The van der Waals surface area contributed by atoms with Crippen molar-refractivity contribution in [2.24, 2.45) is 7.05 Å². The Labute approximate surface area is 150 Å². The van der Waals surface area contributed by atoms with Crippen LogP contribution in [0.1, 0.15) is 5.76 Å². The molecule has 0 fully saturated rings. The molecule has 0 bridgehead atoms. The van der Waals surface area contributed by atoms with E-state index in [0.29, 0.717) is 16.7 Å². The molecule has 0 atom stereocenters. The number of furan rings is 1. The Morgan fingerprint density at radius 2 is 2.00 bits per heavy atom. The molecule has 26 heavy (non-hydrogen) atoms. The van der Waals surface area contributed by atoms with E-state index in [0.717, 1.165) is 29.5 Å². The quantitative estimate of drug-likeness (QED) is 0.540. The minimum Gasteiger partial charge on any atom is -0.469 e. The molecule has 0 aliphatic heterocycles. The lowest BCUT2D eigenvalue weighted by atomic mass is 10.2. The van der Waals surface area contributed by atoms with Crippen molar-refractivity contribution in [3.8, 4) is 11.4 Å². The number of aromatic nitrogens is 3. The first kappa shape index (κ1) is 18.1. The Balaban J connectivity index is 1.67. The molecule has 2 heterocycles. The maximum absolute atomic E-state index is 13.6. The Hall–Kier alpha value is -2.75. The van der Waals surface area contributed by atoms with E-state index in [9.17, 15) is 18.0 Å². The molecule has 0 saturated heterocycles. The van der Waals surface area contributed by atoms with Gasteiger partial charge in [-0.05, 0) is 25.1 Å². The van der Waals surface area contributed by atoms with E-state index in [-0.39, 0.29) is 5.75 Å². The highest BCUT2D eigenvalue weighted by atomic mass is 32.2. The van der Waals surface area contributed by atoms with Crippen LogP contribution in [0.15, 0.2) is 34.0 Å². The number of halogens is 3. The maximum atomic E-state index is 13.6. The van der Waals surface area contributed by atoms with Crippen molar-refractivity contribution >= 4 is 23.4 Å². The summed E-state index contributed by atoms with van der Waals surface area (Å²) >= 11 is 1.07. The van der Waals surface area contributed by atoms with Gasteiger partial charge in [0.2, 0.25) is 5.91 Å². The zero-order valence-corrected chi connectivity index (χ0v) is 14.5. The SMILES string of the molecule is Cc1occc1-c1nnc(SCC(=O)Nc2ccc(F)c(F)c2F)n1C. The van der Waals surface area contributed by atoms with Crippen LogP contribution in [0.25, 0.3) is 11.4 Å². The molecule has 0 saturated carbocycles. The van der Waals surface area contributed by atoms with Crippen LogP contribution in [-0.2, 0) is 11.8 Å². The van der Waals surface area contributed by atoms with Crippen molar-refractivity contribution in [1.82, 2.24) is 14.8 Å². The van der Waals surface area contributed by atoms with E-state index in [4.69, 9.17) is 4.42 Å². The third-order valence-electron chi connectivity index (χ3n) is 3.58. The van der Waals surface area contributed by atoms with Gasteiger partial charge >= 0.3 is 0 Å². The predicted octanol–water partition coefficient (Wildman–Crippen LogP) is 3.53. The fourth-order valence-corrected chi connectivity index (χ4v) is 2.94. The van der Waals surface area contributed by atoms with Gasteiger partial charge in [-0.1, -0.05) is 11.8 Å². The van der Waals surface area contributed by atoms with E-state index < -0.39 is 29.0 Å². The highest BCUT2D eigenvalue weighted by Crippen LogP contribution is 2.26. The number of benzene rings is 1. The smallest absolute Gasteiger partial charge is 0.234 e. The zero-order valence-electron chi connectivity index (χ0n) is 13.7. The van der Waals surface area contributed by atoms with Gasteiger partial charge in [-0.3, -0.25) is 4.79 Å². The Kier molecular flexibility index (Phi) is 5.03. The molecule has 3 rings (SSSR count). The largest absolute Gasteiger partial charge is 0.469 e. The normalized spacial score (nSPS) is 11.0. The predicted molar refractivity (Wildman–Crippen MR) is 89.1 cm³/mol.